The lowest BCUT2D eigenvalue weighted by Gasteiger charge is -2.39. The van der Waals surface area contributed by atoms with Crippen molar-refractivity contribution < 1.29 is 13.6 Å². The summed E-state index contributed by atoms with van der Waals surface area (Å²) in [6, 6.07) is 1.82. The summed E-state index contributed by atoms with van der Waals surface area (Å²) in [5.41, 5.74) is 1.46. The molecule has 0 unspecified atom stereocenters. The van der Waals surface area contributed by atoms with Crippen LogP contribution in [0.4, 0.5) is 8.78 Å². The van der Waals surface area contributed by atoms with Gasteiger partial charge in [-0.2, -0.15) is 0 Å². The number of H-pyrrole nitrogens is 1. The number of nitrogens with one attached hydrogen (secondary N) is 1. The summed E-state index contributed by atoms with van der Waals surface area (Å²) in [6.45, 7) is 2.74. The highest BCUT2D eigenvalue weighted by molar-refractivity contribution is 5.94. The molecule has 5 heteroatoms. The predicted molar refractivity (Wildman–Crippen MR) is 55.5 cm³/mol. The van der Waals surface area contributed by atoms with Crippen LogP contribution in [-0.4, -0.2) is 35.3 Å². The summed E-state index contributed by atoms with van der Waals surface area (Å²) in [5, 5.41) is 0. The van der Waals surface area contributed by atoms with Crippen LogP contribution in [0.15, 0.2) is 12.3 Å². The molecule has 1 aromatic rings. The Balaban J connectivity index is 1.89. The van der Waals surface area contributed by atoms with Gasteiger partial charge in [-0.15, -0.1) is 0 Å². The van der Waals surface area contributed by atoms with E-state index in [0.717, 1.165) is 5.56 Å². The highest BCUT2D eigenvalue weighted by atomic mass is 19.3. The fourth-order valence-corrected chi connectivity index (χ4v) is 1.97. The smallest absolute Gasteiger partial charge is 0.270 e. The molecule has 2 heterocycles. The van der Waals surface area contributed by atoms with Crippen LogP contribution in [0.1, 0.15) is 22.5 Å². The molecule has 0 aliphatic carbocycles. The molecule has 2 rings (SSSR count). The van der Waals surface area contributed by atoms with Crippen LogP contribution in [0.5, 0.6) is 0 Å². The highest BCUT2D eigenvalue weighted by Gasteiger charge is 2.33. The van der Waals surface area contributed by atoms with Crippen molar-refractivity contribution in [3.63, 3.8) is 0 Å². The van der Waals surface area contributed by atoms with E-state index in [4.69, 9.17) is 0 Å². The number of aromatic amines is 1. The number of halogens is 2. The Bertz CT molecular complexity index is 383. The topological polar surface area (TPSA) is 36.1 Å². The first-order chi connectivity index (χ1) is 7.58. The molecular formula is C11H14F2N2O. The standard InChI is InChI=1S/C11H14F2N2O/c1-7-2-3-14-10(7)11(16)15-5-8(6-15)4-9(12)13/h2-3,8-9,14H,4-6H2,1H3. The van der Waals surface area contributed by atoms with E-state index in [1.165, 1.54) is 0 Å². The van der Waals surface area contributed by atoms with Crippen molar-refractivity contribution >= 4 is 5.91 Å². The summed E-state index contributed by atoms with van der Waals surface area (Å²) < 4.78 is 24.1. The van der Waals surface area contributed by atoms with Crippen molar-refractivity contribution in [2.24, 2.45) is 5.92 Å². The van der Waals surface area contributed by atoms with Gasteiger partial charge in [-0.1, -0.05) is 0 Å². The Labute approximate surface area is 92.4 Å². The number of carbonyl (C=O) groups is 1. The van der Waals surface area contributed by atoms with E-state index >= 15 is 0 Å². The fraction of sp³-hybridized carbons (Fsp3) is 0.545. The lowest BCUT2D eigenvalue weighted by molar-refractivity contribution is 0.0276. The first kappa shape index (κ1) is 11.1. The zero-order valence-electron chi connectivity index (χ0n) is 9.04. The molecule has 0 aromatic carbocycles. The van der Waals surface area contributed by atoms with Gasteiger partial charge in [0.05, 0.1) is 0 Å². The van der Waals surface area contributed by atoms with E-state index in [1.807, 2.05) is 13.0 Å². The Hall–Kier alpha value is -1.39. The number of alkyl halides is 2. The first-order valence-corrected chi connectivity index (χ1v) is 5.29. The summed E-state index contributed by atoms with van der Waals surface area (Å²) >= 11 is 0. The summed E-state index contributed by atoms with van der Waals surface area (Å²) in [6.07, 6.45) is -0.665. The van der Waals surface area contributed by atoms with Crippen LogP contribution in [-0.2, 0) is 0 Å². The number of rotatable bonds is 3. The minimum Gasteiger partial charge on any atom is -0.357 e. The molecule has 1 aliphatic heterocycles. The molecule has 88 valence electrons. The van der Waals surface area contributed by atoms with Gasteiger partial charge in [-0.3, -0.25) is 4.79 Å². The fourth-order valence-electron chi connectivity index (χ4n) is 1.97. The van der Waals surface area contributed by atoms with Crippen LogP contribution in [0.3, 0.4) is 0 Å². The molecule has 1 aliphatic rings. The highest BCUT2D eigenvalue weighted by Crippen LogP contribution is 2.24. The van der Waals surface area contributed by atoms with Crippen molar-refractivity contribution in [1.29, 1.82) is 0 Å². The molecule has 0 spiro atoms. The third kappa shape index (κ3) is 2.08. The zero-order chi connectivity index (χ0) is 11.7. The van der Waals surface area contributed by atoms with Crippen molar-refractivity contribution in [1.82, 2.24) is 9.88 Å². The van der Waals surface area contributed by atoms with Crippen molar-refractivity contribution in [3.05, 3.63) is 23.5 Å². The molecular weight excluding hydrogens is 214 g/mol. The van der Waals surface area contributed by atoms with Gasteiger partial charge >= 0.3 is 0 Å². The summed E-state index contributed by atoms with van der Waals surface area (Å²) in [4.78, 5) is 16.3. The molecule has 1 saturated heterocycles. The third-order valence-corrected chi connectivity index (χ3v) is 2.93. The molecule has 1 N–H and O–H groups in total. The maximum absolute atomic E-state index is 12.1. The second kappa shape index (κ2) is 4.23. The van der Waals surface area contributed by atoms with E-state index < -0.39 is 6.43 Å². The number of aromatic nitrogens is 1. The van der Waals surface area contributed by atoms with Crippen molar-refractivity contribution in [3.8, 4) is 0 Å². The Morgan fingerprint density at radius 2 is 2.31 bits per heavy atom. The van der Waals surface area contributed by atoms with Gasteiger partial charge in [0.1, 0.15) is 5.69 Å². The van der Waals surface area contributed by atoms with Crippen LogP contribution in [0, 0.1) is 12.8 Å². The zero-order valence-corrected chi connectivity index (χ0v) is 9.04. The number of hydrogen-bond acceptors (Lipinski definition) is 1. The molecule has 1 fully saturated rings. The normalized spacial score (nSPS) is 16.6. The minimum atomic E-state index is -2.27. The number of amides is 1. The molecule has 1 amide bonds. The average molecular weight is 228 g/mol. The van der Waals surface area contributed by atoms with Gasteiger partial charge in [0, 0.05) is 25.7 Å². The molecule has 0 bridgehead atoms. The minimum absolute atomic E-state index is 0.0424. The van der Waals surface area contributed by atoms with Crippen LogP contribution in [0.2, 0.25) is 0 Å². The van der Waals surface area contributed by atoms with Gasteiger partial charge < -0.3 is 9.88 Å². The van der Waals surface area contributed by atoms with Crippen LogP contribution < -0.4 is 0 Å². The molecule has 1 aromatic heterocycles. The van der Waals surface area contributed by atoms with Gasteiger partial charge in [0.15, 0.2) is 0 Å². The monoisotopic (exact) mass is 228 g/mol. The van der Waals surface area contributed by atoms with Gasteiger partial charge in [0.25, 0.3) is 5.91 Å². The molecule has 3 nitrogen and oxygen atoms in total. The number of carbonyl (C=O) groups excluding carboxylic acids is 1. The van der Waals surface area contributed by atoms with E-state index in [1.54, 1.807) is 11.1 Å². The second-order valence-corrected chi connectivity index (χ2v) is 4.24. The predicted octanol–water partition coefficient (Wildman–Crippen LogP) is 2.05. The number of aryl methyl sites for hydroxylation is 1. The number of hydrogen-bond donors (Lipinski definition) is 1. The van der Waals surface area contributed by atoms with Crippen molar-refractivity contribution in [2.75, 3.05) is 13.1 Å². The van der Waals surface area contributed by atoms with Gasteiger partial charge in [-0.25, -0.2) is 8.78 Å². The van der Waals surface area contributed by atoms with Crippen LogP contribution in [0.25, 0.3) is 0 Å². The second-order valence-electron chi connectivity index (χ2n) is 4.24. The molecule has 16 heavy (non-hydrogen) atoms. The lowest BCUT2D eigenvalue weighted by atomic mass is 9.96. The van der Waals surface area contributed by atoms with E-state index in [-0.39, 0.29) is 18.2 Å². The van der Waals surface area contributed by atoms with Gasteiger partial charge in [0.2, 0.25) is 6.43 Å². The lowest BCUT2D eigenvalue weighted by Crippen LogP contribution is -2.50. The van der Waals surface area contributed by atoms with E-state index in [0.29, 0.717) is 18.8 Å². The quantitative estimate of drug-likeness (QED) is 0.844. The number of nitrogens with zero attached hydrogens (tertiary/aromatic N) is 1. The van der Waals surface area contributed by atoms with Crippen molar-refractivity contribution in [2.45, 2.75) is 19.8 Å². The van der Waals surface area contributed by atoms with E-state index in [9.17, 15) is 13.6 Å². The Morgan fingerprint density at radius 3 is 2.81 bits per heavy atom. The molecule has 0 atom stereocenters. The summed E-state index contributed by atoms with van der Waals surface area (Å²) in [7, 11) is 0. The number of likely N-dealkylation sites (tertiary alicyclic amines) is 1. The van der Waals surface area contributed by atoms with E-state index in [2.05, 4.69) is 4.98 Å². The average Bonchev–Trinajstić information content (AvgIpc) is 2.56. The van der Waals surface area contributed by atoms with Crippen LogP contribution >= 0.6 is 0 Å². The maximum Gasteiger partial charge on any atom is 0.270 e. The first-order valence-electron chi connectivity index (χ1n) is 5.29. The maximum atomic E-state index is 12.1. The third-order valence-electron chi connectivity index (χ3n) is 2.93. The Kier molecular flexibility index (Phi) is 2.94. The SMILES string of the molecule is Cc1cc[nH]c1C(=O)N1CC(CC(F)F)C1. The van der Waals surface area contributed by atoms with Gasteiger partial charge in [-0.05, 0) is 24.5 Å². The molecule has 0 radical (unpaired) electrons. The molecule has 0 saturated carbocycles. The Morgan fingerprint density at radius 1 is 1.62 bits per heavy atom. The largest absolute Gasteiger partial charge is 0.357 e. The summed E-state index contributed by atoms with van der Waals surface area (Å²) in [5.74, 6) is -0.132.